The molecular weight excluding hydrogens is 509 g/mol. The highest BCUT2D eigenvalue weighted by atomic mass is 35.5. The molecule has 34 heavy (non-hydrogen) atoms. The molecule has 0 bridgehead atoms. The van der Waals surface area contributed by atoms with Crippen LogP contribution in [0.1, 0.15) is 6.42 Å². The lowest BCUT2D eigenvalue weighted by molar-refractivity contribution is 0.570. The third-order valence-electron chi connectivity index (χ3n) is 5.43. The maximum atomic E-state index is 14.9. The topological polar surface area (TPSA) is 91.3 Å². The average Bonchev–Trinajstić information content (AvgIpc) is 3.40. The van der Waals surface area contributed by atoms with Gasteiger partial charge in [0.25, 0.3) is 10.0 Å². The summed E-state index contributed by atoms with van der Waals surface area (Å²) in [5.41, 5.74) is 1.29. The van der Waals surface area contributed by atoms with Crippen molar-refractivity contribution in [1.82, 2.24) is 15.1 Å². The van der Waals surface area contributed by atoms with Crippen LogP contribution in [0.5, 0.6) is 0 Å². The second kappa shape index (κ2) is 10.3. The Labute approximate surface area is 207 Å². The minimum absolute atomic E-state index is 0. The van der Waals surface area contributed by atoms with Crippen molar-refractivity contribution in [2.24, 2.45) is 7.05 Å². The first kappa shape index (κ1) is 26.0. The van der Waals surface area contributed by atoms with Gasteiger partial charge in [-0.2, -0.15) is 5.10 Å². The Kier molecular flexibility index (Phi) is 7.91. The van der Waals surface area contributed by atoms with Crippen molar-refractivity contribution in [2.45, 2.75) is 17.4 Å². The maximum Gasteiger partial charge on any atom is 0.266 e. The van der Waals surface area contributed by atoms with E-state index in [1.165, 1.54) is 22.9 Å². The van der Waals surface area contributed by atoms with Gasteiger partial charge in [0, 0.05) is 44.5 Å². The van der Waals surface area contributed by atoms with Gasteiger partial charge in [0.2, 0.25) is 0 Å². The highest BCUT2D eigenvalue weighted by Crippen LogP contribution is 2.36. The molecule has 1 unspecified atom stereocenters. The predicted molar refractivity (Wildman–Crippen MR) is 132 cm³/mol. The molecule has 2 aromatic carbocycles. The quantitative estimate of drug-likeness (QED) is 0.424. The molecule has 1 aliphatic rings. The predicted octanol–water partition coefficient (Wildman–Crippen LogP) is 4.12. The van der Waals surface area contributed by atoms with Gasteiger partial charge in [0.05, 0.1) is 22.1 Å². The number of hydrogen-bond acceptors (Lipinski definition) is 6. The highest BCUT2D eigenvalue weighted by Gasteiger charge is 2.25. The molecule has 0 saturated carbocycles. The Morgan fingerprint density at radius 2 is 1.91 bits per heavy atom. The van der Waals surface area contributed by atoms with Crippen LogP contribution in [0.2, 0.25) is 5.02 Å². The number of anilines is 4. The van der Waals surface area contributed by atoms with Gasteiger partial charge in [0.15, 0.2) is 5.82 Å². The molecule has 1 fully saturated rings. The minimum Gasteiger partial charge on any atom is -0.368 e. The highest BCUT2D eigenvalue weighted by molar-refractivity contribution is 7.92. The normalized spacial score (nSPS) is 15.8. The van der Waals surface area contributed by atoms with Crippen molar-refractivity contribution in [1.29, 1.82) is 0 Å². The third-order valence-corrected chi connectivity index (χ3v) is 7.11. The number of aromatic nitrogens is 2. The van der Waals surface area contributed by atoms with Gasteiger partial charge in [-0.15, -0.1) is 12.4 Å². The zero-order valence-electron chi connectivity index (χ0n) is 18.3. The van der Waals surface area contributed by atoms with Gasteiger partial charge in [-0.25, -0.2) is 17.2 Å². The number of nitrogens with one attached hydrogen (secondary N) is 3. The van der Waals surface area contributed by atoms with E-state index in [4.69, 9.17) is 11.6 Å². The molecule has 3 aromatic rings. The molecule has 1 saturated heterocycles. The van der Waals surface area contributed by atoms with Crippen LogP contribution in [-0.2, 0) is 17.1 Å². The van der Waals surface area contributed by atoms with E-state index in [-0.39, 0.29) is 35.0 Å². The number of hydrogen-bond donors (Lipinski definition) is 3. The van der Waals surface area contributed by atoms with Crippen LogP contribution in [0, 0.1) is 11.6 Å². The van der Waals surface area contributed by atoms with Gasteiger partial charge in [-0.3, -0.25) is 9.40 Å². The van der Waals surface area contributed by atoms with Gasteiger partial charge in [0.1, 0.15) is 16.5 Å². The number of aryl methyl sites for hydroxylation is 1. The third kappa shape index (κ3) is 5.54. The second-order valence-corrected chi connectivity index (χ2v) is 9.81. The largest absolute Gasteiger partial charge is 0.368 e. The lowest BCUT2D eigenvalue weighted by Crippen LogP contribution is -2.29. The van der Waals surface area contributed by atoms with Crippen LogP contribution in [0.3, 0.4) is 0 Å². The Morgan fingerprint density at radius 3 is 2.56 bits per heavy atom. The standard InChI is InChI=1S/C21H23ClF2N6O2S.ClH/c1-25-14-5-8-30(12-14)19-9-13(23)3-4-17(19)26-18-11-16(24)20(10-15(18)22)33(31,32)28-21-6-7-29(2)27-21;/h3-4,6-7,9-11,14,25-26H,5,8,12H2,1-2H3,(H,27,28);1H. The van der Waals surface area contributed by atoms with Crippen molar-refractivity contribution >= 4 is 56.9 Å². The smallest absolute Gasteiger partial charge is 0.266 e. The molecule has 0 radical (unpaired) electrons. The molecular formula is C21H24Cl2F2N6O2S. The van der Waals surface area contributed by atoms with Gasteiger partial charge >= 0.3 is 0 Å². The van der Waals surface area contributed by atoms with E-state index in [0.717, 1.165) is 25.1 Å². The number of benzene rings is 2. The van der Waals surface area contributed by atoms with Gasteiger partial charge in [-0.1, -0.05) is 11.6 Å². The molecule has 2 heterocycles. The van der Waals surface area contributed by atoms with Crippen LogP contribution < -0.4 is 20.3 Å². The van der Waals surface area contributed by atoms with Crippen molar-refractivity contribution in [2.75, 3.05) is 35.1 Å². The molecule has 1 aliphatic heterocycles. The lowest BCUT2D eigenvalue weighted by atomic mass is 10.2. The SMILES string of the molecule is CNC1CCN(c2cc(F)ccc2Nc2cc(F)c(S(=O)(=O)Nc3ccn(C)n3)cc2Cl)C1.Cl. The first-order valence-electron chi connectivity index (χ1n) is 10.2. The van der Waals surface area contributed by atoms with Crippen LogP contribution in [0.25, 0.3) is 0 Å². The summed E-state index contributed by atoms with van der Waals surface area (Å²) in [7, 11) is -0.756. The summed E-state index contributed by atoms with van der Waals surface area (Å²) in [6.45, 7) is 1.41. The molecule has 13 heteroatoms. The Balaban J connectivity index is 0.00000324. The van der Waals surface area contributed by atoms with Gasteiger partial charge in [-0.05, 0) is 37.7 Å². The number of rotatable bonds is 7. The number of sulfonamides is 1. The van der Waals surface area contributed by atoms with Gasteiger partial charge < -0.3 is 15.5 Å². The fraction of sp³-hybridized carbons (Fsp3) is 0.286. The number of nitrogens with zero attached hydrogens (tertiary/aromatic N) is 3. The Hall–Kier alpha value is -2.60. The van der Waals surface area contributed by atoms with Crippen molar-refractivity contribution in [3.05, 3.63) is 59.3 Å². The average molecular weight is 533 g/mol. The first-order valence-corrected chi connectivity index (χ1v) is 12.0. The molecule has 0 amide bonds. The van der Waals surface area contributed by atoms with Crippen LogP contribution in [0.15, 0.2) is 47.5 Å². The summed E-state index contributed by atoms with van der Waals surface area (Å²) in [6.07, 6.45) is 2.45. The zero-order valence-corrected chi connectivity index (χ0v) is 20.7. The molecule has 184 valence electrons. The lowest BCUT2D eigenvalue weighted by Gasteiger charge is -2.23. The summed E-state index contributed by atoms with van der Waals surface area (Å²) in [4.78, 5) is 1.41. The molecule has 4 rings (SSSR count). The fourth-order valence-electron chi connectivity index (χ4n) is 3.72. The molecule has 0 spiro atoms. The monoisotopic (exact) mass is 532 g/mol. The van der Waals surface area contributed by atoms with E-state index in [1.54, 1.807) is 19.3 Å². The van der Waals surface area contributed by atoms with Crippen LogP contribution in [0.4, 0.5) is 31.7 Å². The van der Waals surface area contributed by atoms with E-state index < -0.39 is 26.6 Å². The molecule has 8 nitrogen and oxygen atoms in total. The van der Waals surface area contributed by atoms with E-state index in [0.29, 0.717) is 17.9 Å². The Morgan fingerprint density at radius 1 is 1.15 bits per heavy atom. The first-order chi connectivity index (χ1) is 15.7. The fourth-order valence-corrected chi connectivity index (χ4v) is 5.08. The van der Waals surface area contributed by atoms with Crippen LogP contribution >= 0.6 is 24.0 Å². The molecule has 3 N–H and O–H groups in total. The number of likely N-dealkylation sites (N-methyl/N-ethyl adjacent to an activating group) is 1. The van der Waals surface area contributed by atoms with E-state index in [9.17, 15) is 17.2 Å². The molecule has 1 aromatic heterocycles. The van der Waals surface area contributed by atoms with E-state index in [2.05, 4.69) is 20.5 Å². The summed E-state index contributed by atoms with van der Waals surface area (Å²) in [5, 5.41) is 10.1. The van der Waals surface area contributed by atoms with Crippen molar-refractivity contribution in [3.8, 4) is 0 Å². The van der Waals surface area contributed by atoms with Crippen molar-refractivity contribution < 1.29 is 17.2 Å². The van der Waals surface area contributed by atoms with Crippen LogP contribution in [-0.4, -0.2) is 44.4 Å². The summed E-state index contributed by atoms with van der Waals surface area (Å²) in [6, 6.07) is 7.98. The minimum atomic E-state index is -4.26. The number of halogens is 4. The van der Waals surface area contributed by atoms with Crippen molar-refractivity contribution in [3.63, 3.8) is 0 Å². The summed E-state index contributed by atoms with van der Waals surface area (Å²) in [5.74, 6) is -1.34. The zero-order chi connectivity index (χ0) is 23.8. The molecule has 0 aliphatic carbocycles. The van der Waals surface area contributed by atoms with E-state index in [1.807, 2.05) is 11.9 Å². The summed E-state index contributed by atoms with van der Waals surface area (Å²) < 4.78 is 57.8. The Bertz CT molecular complexity index is 1290. The maximum absolute atomic E-state index is 14.9. The van der Waals surface area contributed by atoms with E-state index >= 15 is 0 Å². The summed E-state index contributed by atoms with van der Waals surface area (Å²) >= 11 is 6.31. The second-order valence-electron chi connectivity index (χ2n) is 7.75. The molecule has 1 atom stereocenters.